The van der Waals surface area contributed by atoms with Crippen LogP contribution in [0.4, 0.5) is 5.69 Å². The number of carboxylic acids is 1. The Balaban J connectivity index is 2.21. The smallest absolute Gasteiger partial charge is 0.326 e. The van der Waals surface area contributed by atoms with Crippen molar-refractivity contribution in [2.75, 3.05) is 11.9 Å². The van der Waals surface area contributed by atoms with Crippen molar-refractivity contribution in [2.24, 2.45) is 5.92 Å². The van der Waals surface area contributed by atoms with Crippen LogP contribution in [0.25, 0.3) is 0 Å². The Bertz CT molecular complexity index is 596. The summed E-state index contributed by atoms with van der Waals surface area (Å²) in [4.78, 5) is 37.0. The van der Waals surface area contributed by atoms with Crippen molar-refractivity contribution in [3.63, 3.8) is 0 Å². The third kappa shape index (κ3) is 3.44. The van der Waals surface area contributed by atoms with Crippen molar-refractivity contribution < 1.29 is 19.5 Å². The molecule has 1 unspecified atom stereocenters. The summed E-state index contributed by atoms with van der Waals surface area (Å²) in [6, 6.07) is 5.78. The second-order valence-electron chi connectivity index (χ2n) is 5.46. The van der Waals surface area contributed by atoms with Crippen LogP contribution in [0, 0.1) is 5.92 Å². The average molecular weight is 304 g/mol. The lowest BCUT2D eigenvalue weighted by molar-refractivity contribution is -0.139. The minimum absolute atomic E-state index is 0.00877. The molecule has 1 atom stereocenters. The van der Waals surface area contributed by atoms with E-state index < -0.39 is 17.9 Å². The van der Waals surface area contributed by atoms with Crippen molar-refractivity contribution in [1.29, 1.82) is 0 Å². The summed E-state index contributed by atoms with van der Waals surface area (Å²) in [6.07, 6.45) is 2.06. The molecule has 0 aliphatic heterocycles. The van der Waals surface area contributed by atoms with Crippen molar-refractivity contribution in [2.45, 2.75) is 32.2 Å². The van der Waals surface area contributed by atoms with Gasteiger partial charge in [0.15, 0.2) is 0 Å². The van der Waals surface area contributed by atoms with Gasteiger partial charge in [-0.25, -0.2) is 4.79 Å². The lowest BCUT2D eigenvalue weighted by Gasteiger charge is -2.21. The van der Waals surface area contributed by atoms with Gasteiger partial charge in [0.2, 0.25) is 5.91 Å². The number of amides is 2. The van der Waals surface area contributed by atoms with Gasteiger partial charge in [-0.1, -0.05) is 19.1 Å². The lowest BCUT2D eigenvalue weighted by Crippen LogP contribution is -2.41. The molecule has 0 spiro atoms. The van der Waals surface area contributed by atoms with Gasteiger partial charge in [0.1, 0.15) is 6.04 Å². The van der Waals surface area contributed by atoms with Gasteiger partial charge in [-0.3, -0.25) is 9.59 Å². The highest BCUT2D eigenvalue weighted by molar-refractivity contribution is 6.06. The minimum atomic E-state index is -1.07. The zero-order chi connectivity index (χ0) is 16.3. The molecule has 1 saturated carbocycles. The summed E-state index contributed by atoms with van der Waals surface area (Å²) in [5.74, 6) is -1.52. The summed E-state index contributed by atoms with van der Waals surface area (Å²) in [5, 5.41) is 11.5. The van der Waals surface area contributed by atoms with Gasteiger partial charge in [-0.2, -0.15) is 0 Å². The van der Waals surface area contributed by atoms with E-state index in [4.69, 9.17) is 5.11 Å². The first-order valence-electron chi connectivity index (χ1n) is 7.36. The van der Waals surface area contributed by atoms with E-state index in [1.807, 2.05) is 0 Å². The third-order valence-corrected chi connectivity index (χ3v) is 3.78. The van der Waals surface area contributed by atoms with Gasteiger partial charge in [-0.05, 0) is 31.4 Å². The zero-order valence-electron chi connectivity index (χ0n) is 12.7. The van der Waals surface area contributed by atoms with Crippen LogP contribution in [-0.4, -0.2) is 36.0 Å². The normalized spacial score (nSPS) is 15.0. The first-order valence-corrected chi connectivity index (χ1v) is 7.36. The fourth-order valence-electron chi connectivity index (χ4n) is 2.26. The molecule has 6 nitrogen and oxygen atoms in total. The van der Waals surface area contributed by atoms with Gasteiger partial charge >= 0.3 is 5.97 Å². The van der Waals surface area contributed by atoms with E-state index in [2.05, 4.69) is 5.32 Å². The standard InChI is InChI=1S/C16H20N2O4/c1-3-12(16(21)22)17-14(19)11-6-4-5-7-13(11)18(2)15(20)10-8-9-10/h4-7,10,12H,3,8-9H2,1-2H3,(H,17,19)(H,21,22). The molecular formula is C16H20N2O4. The van der Waals surface area contributed by atoms with Gasteiger partial charge < -0.3 is 15.3 Å². The average Bonchev–Trinajstić information content (AvgIpc) is 3.35. The SMILES string of the molecule is CCC(NC(=O)c1ccccc1N(C)C(=O)C1CC1)C(=O)O. The minimum Gasteiger partial charge on any atom is -0.480 e. The van der Waals surface area contributed by atoms with E-state index in [9.17, 15) is 14.4 Å². The molecule has 6 heteroatoms. The molecular weight excluding hydrogens is 284 g/mol. The van der Waals surface area contributed by atoms with Crippen LogP contribution in [-0.2, 0) is 9.59 Å². The molecule has 1 fully saturated rings. The van der Waals surface area contributed by atoms with Crippen molar-refractivity contribution in [1.82, 2.24) is 5.32 Å². The van der Waals surface area contributed by atoms with Gasteiger partial charge in [-0.15, -0.1) is 0 Å². The largest absolute Gasteiger partial charge is 0.480 e. The molecule has 2 amide bonds. The predicted molar refractivity (Wildman–Crippen MR) is 81.8 cm³/mol. The fraction of sp³-hybridized carbons (Fsp3) is 0.438. The Labute approximate surface area is 129 Å². The number of nitrogens with zero attached hydrogens (tertiary/aromatic N) is 1. The van der Waals surface area contributed by atoms with Crippen LogP contribution in [0.2, 0.25) is 0 Å². The molecule has 2 rings (SSSR count). The number of carbonyl (C=O) groups is 3. The molecule has 1 aliphatic carbocycles. The maximum atomic E-state index is 12.3. The Morgan fingerprint density at radius 3 is 2.50 bits per heavy atom. The monoisotopic (exact) mass is 304 g/mol. The van der Waals surface area contributed by atoms with E-state index in [0.29, 0.717) is 17.7 Å². The molecule has 118 valence electrons. The quantitative estimate of drug-likeness (QED) is 0.836. The number of anilines is 1. The number of hydrogen-bond donors (Lipinski definition) is 2. The van der Waals surface area contributed by atoms with Gasteiger partial charge in [0.05, 0.1) is 11.3 Å². The maximum Gasteiger partial charge on any atom is 0.326 e. The van der Waals surface area contributed by atoms with E-state index in [1.54, 1.807) is 38.2 Å². The summed E-state index contributed by atoms with van der Waals surface area (Å²) in [5.41, 5.74) is 0.802. The van der Waals surface area contributed by atoms with Gasteiger partial charge in [0, 0.05) is 13.0 Å². The lowest BCUT2D eigenvalue weighted by atomic mass is 10.1. The topological polar surface area (TPSA) is 86.7 Å². The molecule has 2 N–H and O–H groups in total. The highest BCUT2D eigenvalue weighted by atomic mass is 16.4. The van der Waals surface area contributed by atoms with Crippen LogP contribution in [0.15, 0.2) is 24.3 Å². The molecule has 0 aromatic heterocycles. The van der Waals surface area contributed by atoms with Gasteiger partial charge in [0.25, 0.3) is 5.91 Å². The molecule has 22 heavy (non-hydrogen) atoms. The number of carbonyl (C=O) groups excluding carboxylic acids is 2. The van der Waals surface area contributed by atoms with E-state index in [0.717, 1.165) is 12.8 Å². The molecule has 1 aromatic rings. The number of rotatable bonds is 6. The second kappa shape index (κ2) is 6.60. The first-order chi connectivity index (χ1) is 10.5. The van der Waals surface area contributed by atoms with Crippen LogP contribution < -0.4 is 10.2 Å². The second-order valence-corrected chi connectivity index (χ2v) is 5.46. The predicted octanol–water partition coefficient (Wildman–Crippen LogP) is 1.65. The highest BCUT2D eigenvalue weighted by Crippen LogP contribution is 2.33. The maximum absolute atomic E-state index is 12.3. The summed E-state index contributed by atoms with van der Waals surface area (Å²) in [6.45, 7) is 1.69. The van der Waals surface area contributed by atoms with Crippen LogP contribution >= 0.6 is 0 Å². The molecule has 0 heterocycles. The number of para-hydroxylation sites is 1. The zero-order valence-corrected chi connectivity index (χ0v) is 12.7. The van der Waals surface area contributed by atoms with E-state index >= 15 is 0 Å². The third-order valence-electron chi connectivity index (χ3n) is 3.78. The molecule has 1 aromatic carbocycles. The Kier molecular flexibility index (Phi) is 4.80. The fourth-order valence-corrected chi connectivity index (χ4v) is 2.26. The van der Waals surface area contributed by atoms with E-state index in [-0.39, 0.29) is 11.8 Å². The van der Waals surface area contributed by atoms with Crippen molar-refractivity contribution >= 4 is 23.5 Å². The number of hydrogen-bond acceptors (Lipinski definition) is 3. The summed E-state index contributed by atoms with van der Waals surface area (Å²) >= 11 is 0. The number of carboxylic acid groups (broad SMARTS) is 1. The first kappa shape index (κ1) is 16.0. The summed E-state index contributed by atoms with van der Waals surface area (Å²) < 4.78 is 0. The van der Waals surface area contributed by atoms with E-state index in [1.165, 1.54) is 4.90 Å². The highest BCUT2D eigenvalue weighted by Gasteiger charge is 2.33. The summed E-state index contributed by atoms with van der Waals surface area (Å²) in [7, 11) is 1.64. The van der Waals surface area contributed by atoms with Crippen molar-refractivity contribution in [3.05, 3.63) is 29.8 Å². The molecule has 1 aliphatic rings. The van der Waals surface area contributed by atoms with Crippen LogP contribution in [0.3, 0.4) is 0 Å². The van der Waals surface area contributed by atoms with Crippen LogP contribution in [0.5, 0.6) is 0 Å². The molecule has 0 bridgehead atoms. The Hall–Kier alpha value is -2.37. The van der Waals surface area contributed by atoms with Crippen LogP contribution in [0.1, 0.15) is 36.5 Å². The molecule has 0 radical (unpaired) electrons. The number of benzene rings is 1. The van der Waals surface area contributed by atoms with Crippen molar-refractivity contribution in [3.8, 4) is 0 Å². The Morgan fingerprint density at radius 1 is 1.32 bits per heavy atom. The Morgan fingerprint density at radius 2 is 1.95 bits per heavy atom. The number of aliphatic carboxylic acids is 1. The number of nitrogens with one attached hydrogen (secondary N) is 1. The molecule has 0 saturated heterocycles.